The fourth-order valence-electron chi connectivity index (χ4n) is 2.12. The second-order valence-corrected chi connectivity index (χ2v) is 5.44. The van der Waals surface area contributed by atoms with Gasteiger partial charge in [-0.15, -0.1) is 0 Å². The molecule has 0 saturated carbocycles. The summed E-state index contributed by atoms with van der Waals surface area (Å²) >= 11 is 0. The lowest BCUT2D eigenvalue weighted by molar-refractivity contribution is -0.137. The number of aryl methyl sites for hydroxylation is 1. The fraction of sp³-hybridized carbons (Fsp3) is 0.353. The van der Waals surface area contributed by atoms with E-state index in [0.29, 0.717) is 30.9 Å². The van der Waals surface area contributed by atoms with Crippen LogP contribution >= 0.6 is 0 Å². The highest BCUT2D eigenvalue weighted by atomic mass is 16.5. The van der Waals surface area contributed by atoms with Crippen molar-refractivity contribution < 1.29 is 19.4 Å². The topological polar surface area (TPSA) is 93.4 Å². The van der Waals surface area contributed by atoms with Crippen molar-refractivity contribution >= 4 is 11.9 Å². The maximum atomic E-state index is 12.1. The normalized spacial score (nSPS) is 10.4. The van der Waals surface area contributed by atoms with Gasteiger partial charge in [-0.2, -0.15) is 5.10 Å². The zero-order valence-electron chi connectivity index (χ0n) is 13.8. The molecule has 1 heterocycles. The van der Waals surface area contributed by atoms with Crippen LogP contribution in [0, 0.1) is 6.92 Å². The van der Waals surface area contributed by atoms with Gasteiger partial charge in [-0.1, -0.05) is 12.1 Å². The van der Waals surface area contributed by atoms with Crippen molar-refractivity contribution in [3.05, 3.63) is 47.3 Å². The molecule has 0 radical (unpaired) electrons. The standard InChI is InChI=1S/C17H21N3O4/c1-12-15(11-19-20(12)2)17(23)18-10-13-5-7-14(8-6-13)24-9-3-4-16(21)22/h5-8,11H,3-4,9-10H2,1-2H3,(H,18,23)(H,21,22). The molecule has 0 aliphatic rings. The third-order valence-corrected chi connectivity index (χ3v) is 3.66. The van der Waals surface area contributed by atoms with Gasteiger partial charge in [0.25, 0.3) is 5.91 Å². The summed E-state index contributed by atoms with van der Waals surface area (Å²) in [5.41, 5.74) is 2.33. The molecule has 2 rings (SSSR count). The SMILES string of the molecule is Cc1c(C(=O)NCc2ccc(OCCCC(=O)O)cc2)cnn1C. The Morgan fingerprint density at radius 2 is 2.00 bits per heavy atom. The van der Waals surface area contributed by atoms with Gasteiger partial charge in [-0.3, -0.25) is 14.3 Å². The summed E-state index contributed by atoms with van der Waals surface area (Å²) in [6.07, 6.45) is 2.12. The molecule has 7 heteroatoms. The van der Waals surface area contributed by atoms with Crippen molar-refractivity contribution in [3.63, 3.8) is 0 Å². The number of nitrogens with zero attached hydrogens (tertiary/aromatic N) is 2. The number of carboxylic acids is 1. The van der Waals surface area contributed by atoms with E-state index in [0.717, 1.165) is 11.3 Å². The number of aromatic nitrogens is 2. The van der Waals surface area contributed by atoms with E-state index in [1.165, 1.54) is 0 Å². The molecule has 2 aromatic rings. The molecule has 0 unspecified atom stereocenters. The largest absolute Gasteiger partial charge is 0.494 e. The molecule has 0 spiro atoms. The first-order valence-corrected chi connectivity index (χ1v) is 7.67. The molecule has 0 aliphatic carbocycles. The van der Waals surface area contributed by atoms with Gasteiger partial charge < -0.3 is 15.2 Å². The van der Waals surface area contributed by atoms with E-state index in [4.69, 9.17) is 9.84 Å². The molecule has 1 amide bonds. The minimum atomic E-state index is -0.825. The molecule has 0 fully saturated rings. The Labute approximate surface area is 140 Å². The average molecular weight is 331 g/mol. The van der Waals surface area contributed by atoms with Gasteiger partial charge in [0.1, 0.15) is 5.75 Å². The fourth-order valence-corrected chi connectivity index (χ4v) is 2.12. The summed E-state index contributed by atoms with van der Waals surface area (Å²) in [6.45, 7) is 2.62. The van der Waals surface area contributed by atoms with E-state index in [-0.39, 0.29) is 12.3 Å². The van der Waals surface area contributed by atoms with E-state index < -0.39 is 5.97 Å². The number of benzene rings is 1. The number of ether oxygens (including phenoxy) is 1. The lowest BCUT2D eigenvalue weighted by Crippen LogP contribution is -2.23. The minimum absolute atomic E-state index is 0.0951. The van der Waals surface area contributed by atoms with Crippen LogP contribution in [0.3, 0.4) is 0 Å². The van der Waals surface area contributed by atoms with Crippen LogP contribution in [0.1, 0.15) is 34.5 Å². The van der Waals surface area contributed by atoms with Crippen LogP contribution in [0.15, 0.2) is 30.5 Å². The number of amides is 1. The molecule has 2 N–H and O–H groups in total. The second kappa shape index (κ2) is 8.14. The van der Waals surface area contributed by atoms with E-state index in [1.807, 2.05) is 19.1 Å². The van der Waals surface area contributed by atoms with Gasteiger partial charge in [0.05, 0.1) is 18.4 Å². The number of nitrogens with one attached hydrogen (secondary N) is 1. The summed E-state index contributed by atoms with van der Waals surface area (Å²) in [7, 11) is 1.79. The molecule has 24 heavy (non-hydrogen) atoms. The highest BCUT2D eigenvalue weighted by molar-refractivity contribution is 5.94. The molecule has 0 atom stereocenters. The highest BCUT2D eigenvalue weighted by Gasteiger charge is 2.12. The Kier molecular flexibility index (Phi) is 5.95. The molecule has 0 bridgehead atoms. The number of hydrogen-bond donors (Lipinski definition) is 2. The first-order chi connectivity index (χ1) is 11.5. The van der Waals surface area contributed by atoms with E-state index in [9.17, 15) is 9.59 Å². The minimum Gasteiger partial charge on any atom is -0.494 e. The number of carboxylic acid groups (broad SMARTS) is 1. The summed E-state index contributed by atoms with van der Waals surface area (Å²) in [4.78, 5) is 22.5. The third kappa shape index (κ3) is 4.84. The van der Waals surface area contributed by atoms with Crippen LogP contribution in [-0.2, 0) is 18.4 Å². The zero-order valence-corrected chi connectivity index (χ0v) is 13.8. The molecule has 1 aromatic carbocycles. The lowest BCUT2D eigenvalue weighted by atomic mass is 10.2. The number of aliphatic carboxylic acids is 1. The van der Waals surface area contributed by atoms with Crippen LogP contribution in [-0.4, -0.2) is 33.4 Å². The number of carbonyl (C=O) groups is 2. The number of hydrogen-bond acceptors (Lipinski definition) is 4. The number of rotatable bonds is 8. The van der Waals surface area contributed by atoms with Gasteiger partial charge in [-0.25, -0.2) is 0 Å². The van der Waals surface area contributed by atoms with Crippen molar-refractivity contribution in [2.75, 3.05) is 6.61 Å². The van der Waals surface area contributed by atoms with Gasteiger partial charge in [0, 0.05) is 25.7 Å². The van der Waals surface area contributed by atoms with Crippen molar-refractivity contribution in [2.24, 2.45) is 7.05 Å². The summed E-state index contributed by atoms with van der Waals surface area (Å²) in [6, 6.07) is 7.33. The summed E-state index contributed by atoms with van der Waals surface area (Å²) in [5, 5.41) is 15.5. The first kappa shape index (κ1) is 17.5. The predicted molar refractivity (Wildman–Crippen MR) is 87.9 cm³/mol. The Morgan fingerprint density at radius 1 is 1.29 bits per heavy atom. The second-order valence-electron chi connectivity index (χ2n) is 5.44. The van der Waals surface area contributed by atoms with E-state index >= 15 is 0 Å². The van der Waals surface area contributed by atoms with Crippen LogP contribution in [0.5, 0.6) is 5.75 Å². The van der Waals surface area contributed by atoms with E-state index in [2.05, 4.69) is 10.4 Å². The van der Waals surface area contributed by atoms with Crippen LogP contribution in [0.2, 0.25) is 0 Å². The third-order valence-electron chi connectivity index (χ3n) is 3.66. The highest BCUT2D eigenvalue weighted by Crippen LogP contribution is 2.13. The van der Waals surface area contributed by atoms with Gasteiger partial charge in [0.2, 0.25) is 0 Å². The van der Waals surface area contributed by atoms with Crippen molar-refractivity contribution in [2.45, 2.75) is 26.3 Å². The number of carbonyl (C=O) groups excluding carboxylic acids is 1. The summed E-state index contributed by atoms with van der Waals surface area (Å²) in [5.74, 6) is -0.304. The van der Waals surface area contributed by atoms with Crippen molar-refractivity contribution in [1.29, 1.82) is 0 Å². The van der Waals surface area contributed by atoms with E-state index in [1.54, 1.807) is 30.1 Å². The van der Waals surface area contributed by atoms with Crippen molar-refractivity contribution in [3.8, 4) is 5.75 Å². The first-order valence-electron chi connectivity index (χ1n) is 7.67. The molecule has 0 aliphatic heterocycles. The molecular weight excluding hydrogens is 310 g/mol. The quantitative estimate of drug-likeness (QED) is 0.721. The Bertz CT molecular complexity index is 707. The maximum Gasteiger partial charge on any atom is 0.303 e. The van der Waals surface area contributed by atoms with Crippen LogP contribution in [0.4, 0.5) is 0 Å². The summed E-state index contributed by atoms with van der Waals surface area (Å²) < 4.78 is 7.12. The Hall–Kier alpha value is -2.83. The smallest absolute Gasteiger partial charge is 0.303 e. The lowest BCUT2D eigenvalue weighted by Gasteiger charge is -2.08. The Morgan fingerprint density at radius 3 is 2.58 bits per heavy atom. The predicted octanol–water partition coefficient (Wildman–Crippen LogP) is 1.90. The zero-order chi connectivity index (χ0) is 17.5. The van der Waals surface area contributed by atoms with Gasteiger partial charge in [0.15, 0.2) is 0 Å². The monoisotopic (exact) mass is 331 g/mol. The molecule has 1 aromatic heterocycles. The maximum absolute atomic E-state index is 12.1. The molecule has 0 saturated heterocycles. The van der Waals surface area contributed by atoms with Crippen LogP contribution in [0.25, 0.3) is 0 Å². The van der Waals surface area contributed by atoms with Crippen molar-refractivity contribution in [1.82, 2.24) is 15.1 Å². The van der Waals surface area contributed by atoms with Gasteiger partial charge >= 0.3 is 5.97 Å². The molecule has 128 valence electrons. The van der Waals surface area contributed by atoms with Crippen LogP contribution < -0.4 is 10.1 Å². The molecule has 7 nitrogen and oxygen atoms in total. The average Bonchev–Trinajstić information content (AvgIpc) is 2.90. The Balaban J connectivity index is 1.80. The van der Waals surface area contributed by atoms with Gasteiger partial charge in [-0.05, 0) is 31.0 Å². The molecular formula is C17H21N3O4.